The van der Waals surface area contributed by atoms with Crippen molar-refractivity contribution in [2.45, 2.75) is 0 Å². The third kappa shape index (κ3) is 11.6. The molecule has 0 amide bonds. The number of benzene rings is 18. The fraction of sp³-hybridized carbons (Fsp3) is 0. The maximum absolute atomic E-state index is 6.30. The maximum atomic E-state index is 6.30. The van der Waals surface area contributed by atoms with E-state index in [2.05, 4.69) is 396 Å². The van der Waals surface area contributed by atoms with E-state index in [1.165, 1.54) is 172 Å². The van der Waals surface area contributed by atoms with E-state index in [1.54, 1.807) is 0 Å². The molecule has 0 saturated carbocycles. The molecule has 0 unspecified atom stereocenters. The lowest BCUT2D eigenvalue weighted by atomic mass is 9.97. The molecule has 123 heavy (non-hydrogen) atoms. The van der Waals surface area contributed by atoms with Crippen molar-refractivity contribution in [3.63, 3.8) is 0 Å². The van der Waals surface area contributed by atoms with Gasteiger partial charge in [-0.05, 0) is 176 Å². The molecule has 0 aliphatic carbocycles. The minimum atomic E-state index is 0.926. The van der Waals surface area contributed by atoms with Crippen molar-refractivity contribution in [2.24, 2.45) is 0 Å². The SMILES string of the molecule is c1ccc(-n2c3ccccc3c3sc4cc(-c5ccc(-c6ccc7oc8ccccc8c7c6)cc5)ccc4c32)cc1.c1ccc(-n2c3ccccc3c3sc4cc(-c5ccc(-c6cccc7oc8ccccc8c67)cc5)ccc4c32)cc1.c1ccc(-n2c3ccccc3c3sc4ccc(-c5ccc(-c6cccc7c6oc6ccccc67)cc5)cc4c32)cc1. The summed E-state index contributed by atoms with van der Waals surface area (Å²) in [6.45, 7) is 0. The van der Waals surface area contributed by atoms with E-state index in [0.717, 1.165) is 71.6 Å². The molecular weight excluding hydrogens is 1560 g/mol. The zero-order valence-electron chi connectivity index (χ0n) is 66.1. The average Bonchev–Trinajstić information content (AvgIpc) is 1.57. The Hall–Kier alpha value is -15.4. The van der Waals surface area contributed by atoms with Crippen LogP contribution >= 0.6 is 34.0 Å². The van der Waals surface area contributed by atoms with E-state index in [-0.39, 0.29) is 0 Å². The Morgan fingerprint density at radius 1 is 0.179 bits per heavy atom. The highest BCUT2D eigenvalue weighted by Gasteiger charge is 2.24. The van der Waals surface area contributed by atoms with Crippen LogP contribution in [0.1, 0.15) is 0 Å². The van der Waals surface area contributed by atoms with E-state index < -0.39 is 0 Å². The Balaban J connectivity index is 0.000000101. The first-order valence-electron chi connectivity index (χ1n) is 41.6. The molecule has 27 rings (SSSR count). The van der Waals surface area contributed by atoms with Crippen LogP contribution in [0.15, 0.2) is 432 Å². The molecule has 0 N–H and O–H groups in total. The molecule has 0 radical (unpaired) electrons. The number of nitrogens with zero attached hydrogens (tertiary/aromatic N) is 3. The number of para-hydroxylation sites is 10. The number of fused-ring (bicyclic) bond motifs is 24. The van der Waals surface area contributed by atoms with Crippen LogP contribution in [0.3, 0.4) is 0 Å². The fourth-order valence-electron chi connectivity index (χ4n) is 18.9. The lowest BCUT2D eigenvalue weighted by molar-refractivity contribution is 0.668. The predicted octanol–water partition coefficient (Wildman–Crippen LogP) is 33.7. The maximum Gasteiger partial charge on any atom is 0.143 e. The van der Waals surface area contributed by atoms with Gasteiger partial charge in [-0.15, -0.1) is 34.0 Å². The molecule has 0 spiro atoms. The lowest BCUT2D eigenvalue weighted by Gasteiger charge is -2.09. The fourth-order valence-corrected chi connectivity index (χ4v) is 22.6. The van der Waals surface area contributed by atoms with E-state index in [0.29, 0.717) is 0 Å². The molecular formula is C114H69N3O3S3. The van der Waals surface area contributed by atoms with Gasteiger partial charge in [0, 0.05) is 101 Å². The van der Waals surface area contributed by atoms with Crippen LogP contribution in [0, 0.1) is 0 Å². The van der Waals surface area contributed by atoms with Crippen molar-refractivity contribution < 1.29 is 13.3 Å². The number of rotatable bonds is 9. The molecule has 0 bridgehead atoms. The van der Waals surface area contributed by atoms with Crippen LogP contribution in [0.25, 0.3) is 243 Å². The number of hydrogen-bond acceptors (Lipinski definition) is 6. The Bertz CT molecular complexity index is 8860. The Morgan fingerprint density at radius 2 is 0.504 bits per heavy atom. The summed E-state index contributed by atoms with van der Waals surface area (Å²) in [6.07, 6.45) is 0. The summed E-state index contributed by atoms with van der Waals surface area (Å²) in [5, 5.41) is 14.8. The standard InChI is InChI=1S/3C38H23NOS/c1-2-9-27(10-3-1)39-33-15-6-4-12-31(33)38-36(39)32-23-26(21-22-35(32)41-38)24-17-19-25(20-18-24)28-13-8-14-30-29-11-5-7-16-34(29)40-37(28)30;1-2-9-27(10-3-1)39-32-14-6-4-11-29(32)38-37(39)31-22-21-26(23-35(31)41-38)24-17-19-25(20-18-24)28-13-8-16-34-36(28)30-12-5-7-15-33(30)40-34;1-2-8-28(9-3-1)39-33-12-6-4-11-30(33)38-37(39)31-20-18-27(23-36(31)41-38)25-16-14-24(15-17-25)26-19-21-35-32(22-26)29-10-5-7-13-34(29)40-35/h3*1-23H. The minimum absolute atomic E-state index is 0.926. The first-order valence-corrected chi connectivity index (χ1v) is 44.0. The smallest absolute Gasteiger partial charge is 0.143 e. The molecule has 0 fully saturated rings. The Labute approximate surface area is 717 Å². The van der Waals surface area contributed by atoms with Gasteiger partial charge < -0.3 is 27.0 Å². The van der Waals surface area contributed by atoms with Gasteiger partial charge in [0.2, 0.25) is 0 Å². The molecule has 18 aromatic carbocycles. The molecule has 27 aromatic rings. The van der Waals surface area contributed by atoms with Gasteiger partial charge >= 0.3 is 0 Å². The minimum Gasteiger partial charge on any atom is -0.456 e. The summed E-state index contributed by atoms with van der Waals surface area (Å²) in [6, 6.07) is 150. The van der Waals surface area contributed by atoms with E-state index in [9.17, 15) is 0 Å². The third-order valence-electron chi connectivity index (χ3n) is 24.7. The normalized spacial score (nSPS) is 11.9. The van der Waals surface area contributed by atoms with Gasteiger partial charge in [-0.25, -0.2) is 0 Å². The molecule has 0 atom stereocenters. The van der Waals surface area contributed by atoms with Gasteiger partial charge in [0.1, 0.15) is 33.5 Å². The van der Waals surface area contributed by atoms with Crippen LogP contribution in [-0.4, -0.2) is 13.7 Å². The van der Waals surface area contributed by atoms with Crippen LogP contribution in [-0.2, 0) is 0 Å². The molecule has 9 heterocycles. The zero-order valence-corrected chi connectivity index (χ0v) is 68.6. The van der Waals surface area contributed by atoms with Crippen molar-refractivity contribution >= 4 is 193 Å². The van der Waals surface area contributed by atoms with Crippen molar-refractivity contribution in [1.29, 1.82) is 0 Å². The molecule has 9 aromatic heterocycles. The second-order valence-electron chi connectivity index (χ2n) is 31.6. The van der Waals surface area contributed by atoms with Gasteiger partial charge in [0.25, 0.3) is 0 Å². The second-order valence-corrected chi connectivity index (χ2v) is 34.8. The quantitative estimate of drug-likeness (QED) is 0.145. The van der Waals surface area contributed by atoms with Gasteiger partial charge in [-0.2, -0.15) is 0 Å². The summed E-state index contributed by atoms with van der Waals surface area (Å²) in [5.41, 5.74) is 31.2. The average molecular weight is 1630 g/mol. The second kappa shape index (κ2) is 28.7. The number of hydrogen-bond donors (Lipinski definition) is 0. The Kier molecular flexibility index (Phi) is 16.5. The van der Waals surface area contributed by atoms with Gasteiger partial charge in [0.05, 0.1) is 47.2 Å². The molecule has 6 nitrogen and oxygen atoms in total. The summed E-state index contributed by atoms with van der Waals surface area (Å²) in [5.74, 6) is 0. The van der Waals surface area contributed by atoms with Gasteiger partial charge in [-0.1, -0.05) is 303 Å². The number of thiophene rings is 3. The van der Waals surface area contributed by atoms with E-state index in [4.69, 9.17) is 13.3 Å². The van der Waals surface area contributed by atoms with Crippen molar-refractivity contribution in [3.8, 4) is 83.8 Å². The third-order valence-corrected chi connectivity index (χ3v) is 28.2. The van der Waals surface area contributed by atoms with Crippen LogP contribution in [0.5, 0.6) is 0 Å². The number of aromatic nitrogens is 3. The summed E-state index contributed by atoms with van der Waals surface area (Å²) >= 11 is 5.66. The first-order chi connectivity index (χ1) is 61.0. The highest BCUT2D eigenvalue weighted by molar-refractivity contribution is 7.27. The van der Waals surface area contributed by atoms with E-state index >= 15 is 0 Å². The predicted molar refractivity (Wildman–Crippen MR) is 523 cm³/mol. The van der Waals surface area contributed by atoms with Crippen molar-refractivity contribution in [2.75, 3.05) is 0 Å². The summed E-state index contributed by atoms with van der Waals surface area (Å²) in [7, 11) is 0. The monoisotopic (exact) mass is 1620 g/mol. The van der Waals surface area contributed by atoms with Crippen molar-refractivity contribution in [3.05, 3.63) is 419 Å². The number of furan rings is 3. The Morgan fingerprint density at radius 3 is 1.02 bits per heavy atom. The van der Waals surface area contributed by atoms with E-state index in [1.807, 2.05) is 70.4 Å². The first kappa shape index (κ1) is 70.6. The molecule has 576 valence electrons. The zero-order chi connectivity index (χ0) is 80.7. The summed E-state index contributed by atoms with van der Waals surface area (Å²) < 4.78 is 33.7. The van der Waals surface area contributed by atoms with Crippen LogP contribution in [0.2, 0.25) is 0 Å². The molecule has 0 saturated heterocycles. The van der Waals surface area contributed by atoms with Crippen LogP contribution in [0.4, 0.5) is 0 Å². The topological polar surface area (TPSA) is 54.2 Å². The van der Waals surface area contributed by atoms with Gasteiger partial charge in [0.15, 0.2) is 0 Å². The van der Waals surface area contributed by atoms with Gasteiger partial charge in [-0.3, -0.25) is 0 Å². The van der Waals surface area contributed by atoms with Crippen LogP contribution < -0.4 is 0 Å². The molecule has 0 aliphatic heterocycles. The van der Waals surface area contributed by atoms with Crippen molar-refractivity contribution in [1.82, 2.24) is 13.7 Å². The highest BCUT2D eigenvalue weighted by Crippen LogP contribution is 2.49. The molecule has 9 heteroatoms. The largest absolute Gasteiger partial charge is 0.456 e. The lowest BCUT2D eigenvalue weighted by Crippen LogP contribution is -1.92. The summed E-state index contributed by atoms with van der Waals surface area (Å²) in [4.78, 5) is 0. The highest BCUT2D eigenvalue weighted by atomic mass is 32.1. The molecule has 0 aliphatic rings.